The highest BCUT2D eigenvalue weighted by Gasteiger charge is 2.04. The molecular weight excluding hydrogens is 367 g/mol. The molecule has 0 heterocycles. The quantitative estimate of drug-likeness (QED) is 0.217. The van der Waals surface area contributed by atoms with Crippen LogP contribution in [-0.4, -0.2) is 50.5 Å². The van der Waals surface area contributed by atoms with Crippen molar-refractivity contribution in [3.63, 3.8) is 0 Å². The minimum atomic E-state index is -0.00927. The average molecular weight is 396 g/mol. The molecule has 0 unspecified atom stereocenters. The van der Waals surface area contributed by atoms with Gasteiger partial charge in [-0.2, -0.15) is 0 Å². The topological polar surface area (TPSA) is 56.7 Å². The number of carbonyl (C=O) groups excluding carboxylic acids is 1. The van der Waals surface area contributed by atoms with E-state index < -0.39 is 0 Å². The van der Waals surface area contributed by atoms with Crippen molar-refractivity contribution in [3.05, 3.63) is 12.2 Å². The Hall–Kier alpha value is -0.790. The number of hydrogen-bond acceptors (Lipinski definition) is 2. The molecule has 0 rings (SSSR count). The van der Waals surface area contributed by atoms with Crippen LogP contribution in [0.5, 0.6) is 0 Å². The van der Waals surface area contributed by atoms with Crippen molar-refractivity contribution in [2.24, 2.45) is 4.99 Å². The molecule has 0 radical (unpaired) electrons. The first-order valence-electron chi connectivity index (χ1n) is 6.84. The van der Waals surface area contributed by atoms with Gasteiger partial charge in [-0.1, -0.05) is 31.9 Å². The Kier molecular flexibility index (Phi) is 14.2. The molecule has 0 aromatic rings. The Morgan fingerprint density at radius 1 is 1.25 bits per heavy atom. The van der Waals surface area contributed by atoms with Crippen LogP contribution in [0.2, 0.25) is 0 Å². The molecule has 0 saturated heterocycles. The Balaban J connectivity index is 0. The van der Waals surface area contributed by atoms with Crippen molar-refractivity contribution < 1.29 is 4.79 Å². The third-order valence-electron chi connectivity index (χ3n) is 2.50. The third kappa shape index (κ3) is 12.3. The molecule has 0 atom stereocenters. The van der Waals surface area contributed by atoms with Crippen molar-refractivity contribution in [1.29, 1.82) is 0 Å². The lowest BCUT2D eigenvalue weighted by Gasteiger charge is -2.13. The van der Waals surface area contributed by atoms with E-state index in [-0.39, 0.29) is 36.4 Å². The lowest BCUT2D eigenvalue weighted by atomic mass is 10.2. The van der Waals surface area contributed by atoms with Crippen LogP contribution in [0.1, 0.15) is 33.1 Å². The van der Waals surface area contributed by atoms with E-state index in [9.17, 15) is 4.79 Å². The van der Waals surface area contributed by atoms with Gasteiger partial charge in [0.2, 0.25) is 5.91 Å². The van der Waals surface area contributed by atoms with Crippen LogP contribution in [0.15, 0.2) is 17.1 Å². The van der Waals surface area contributed by atoms with Gasteiger partial charge in [-0.3, -0.25) is 4.79 Å². The number of halogens is 1. The molecule has 1 amide bonds. The average Bonchev–Trinajstić information content (AvgIpc) is 2.35. The Bertz CT molecular complexity index is 316. The molecule has 6 heteroatoms. The number of aliphatic imine (C=N–C) groups is 1. The summed E-state index contributed by atoms with van der Waals surface area (Å²) in [5.41, 5.74) is 1.03. The van der Waals surface area contributed by atoms with Crippen molar-refractivity contribution in [2.45, 2.75) is 33.1 Å². The van der Waals surface area contributed by atoms with Crippen LogP contribution in [-0.2, 0) is 4.79 Å². The summed E-state index contributed by atoms with van der Waals surface area (Å²) in [5, 5.41) is 6.39. The van der Waals surface area contributed by atoms with E-state index in [0.29, 0.717) is 12.5 Å². The van der Waals surface area contributed by atoms with Gasteiger partial charge in [0.15, 0.2) is 5.96 Å². The van der Waals surface area contributed by atoms with Crippen molar-refractivity contribution in [3.8, 4) is 0 Å². The van der Waals surface area contributed by atoms with Crippen LogP contribution in [0, 0.1) is 0 Å². The van der Waals surface area contributed by atoms with Crippen LogP contribution in [0.25, 0.3) is 0 Å². The maximum atomic E-state index is 11.5. The van der Waals surface area contributed by atoms with Crippen LogP contribution in [0.4, 0.5) is 0 Å². The predicted molar refractivity (Wildman–Crippen MR) is 96.8 cm³/mol. The number of carbonyl (C=O) groups is 1. The summed E-state index contributed by atoms with van der Waals surface area (Å²) in [6, 6.07) is 0. The van der Waals surface area contributed by atoms with Gasteiger partial charge in [0.1, 0.15) is 6.54 Å². The second-order valence-corrected chi connectivity index (χ2v) is 4.90. The number of guanidine groups is 1. The Morgan fingerprint density at radius 3 is 2.40 bits per heavy atom. The normalized spacial score (nSPS) is 10.5. The lowest BCUT2D eigenvalue weighted by molar-refractivity contribution is -0.127. The maximum absolute atomic E-state index is 11.5. The van der Waals surface area contributed by atoms with Gasteiger partial charge >= 0.3 is 0 Å². The van der Waals surface area contributed by atoms with Crippen molar-refractivity contribution in [2.75, 3.05) is 33.7 Å². The van der Waals surface area contributed by atoms with Crippen LogP contribution in [0.3, 0.4) is 0 Å². The summed E-state index contributed by atoms with van der Waals surface area (Å²) in [6.07, 6.45) is 3.48. The lowest BCUT2D eigenvalue weighted by Crippen LogP contribution is -2.39. The minimum Gasteiger partial charge on any atom is -0.356 e. The van der Waals surface area contributed by atoms with Crippen LogP contribution >= 0.6 is 24.0 Å². The first-order valence-corrected chi connectivity index (χ1v) is 6.84. The molecule has 0 aromatic heterocycles. The number of likely N-dealkylation sites (N-methyl/N-ethyl adjacent to an activating group) is 1. The summed E-state index contributed by atoms with van der Waals surface area (Å²) >= 11 is 0. The molecule has 0 bridgehead atoms. The minimum absolute atomic E-state index is 0. The molecule has 20 heavy (non-hydrogen) atoms. The first-order chi connectivity index (χ1) is 8.97. The fourth-order valence-corrected chi connectivity index (χ4v) is 1.28. The summed E-state index contributed by atoms with van der Waals surface area (Å²) < 4.78 is 0. The van der Waals surface area contributed by atoms with E-state index >= 15 is 0 Å². The zero-order valence-corrected chi connectivity index (χ0v) is 15.5. The van der Waals surface area contributed by atoms with E-state index in [4.69, 9.17) is 0 Å². The van der Waals surface area contributed by atoms with Gasteiger partial charge in [0.25, 0.3) is 0 Å². The molecule has 0 spiro atoms. The summed E-state index contributed by atoms with van der Waals surface area (Å²) in [7, 11) is 3.46. The van der Waals surface area contributed by atoms with Gasteiger partial charge in [-0.05, 0) is 13.3 Å². The molecule has 5 nitrogen and oxygen atoms in total. The molecule has 0 aliphatic carbocycles. The van der Waals surface area contributed by atoms with Gasteiger partial charge in [0.05, 0.1) is 0 Å². The highest BCUT2D eigenvalue weighted by molar-refractivity contribution is 14.0. The largest absolute Gasteiger partial charge is 0.356 e. The standard InChI is InChI=1S/C14H28N4O.HI/c1-6-7-8-9-15-14(16-10-12(2)3)17-11-13(19)18(4)5;/h2,6-11H2,1,3-5H3,(H2,15,16,17);1H. The zero-order valence-electron chi connectivity index (χ0n) is 13.2. The highest BCUT2D eigenvalue weighted by Crippen LogP contribution is 1.91. The third-order valence-corrected chi connectivity index (χ3v) is 2.50. The van der Waals surface area contributed by atoms with Gasteiger partial charge in [0, 0.05) is 27.2 Å². The van der Waals surface area contributed by atoms with Gasteiger partial charge in [-0.25, -0.2) is 4.99 Å². The SMILES string of the molecule is C=C(C)CNC(=NCC(=O)N(C)C)NCCCCC.I. The molecule has 0 aromatic carbocycles. The van der Waals surface area contributed by atoms with E-state index in [0.717, 1.165) is 18.5 Å². The zero-order chi connectivity index (χ0) is 14.7. The smallest absolute Gasteiger partial charge is 0.243 e. The number of unbranched alkanes of at least 4 members (excludes halogenated alkanes) is 2. The fourth-order valence-electron chi connectivity index (χ4n) is 1.28. The summed E-state index contributed by atoms with van der Waals surface area (Å²) in [5.74, 6) is 0.666. The van der Waals surface area contributed by atoms with Crippen molar-refractivity contribution >= 4 is 35.8 Å². The molecule has 0 fully saturated rings. The number of hydrogen-bond donors (Lipinski definition) is 2. The number of rotatable bonds is 8. The second-order valence-electron chi connectivity index (χ2n) is 4.90. The Labute approximate surface area is 140 Å². The summed E-state index contributed by atoms with van der Waals surface area (Å²) in [4.78, 5) is 17.3. The molecule has 0 saturated carbocycles. The summed E-state index contributed by atoms with van der Waals surface area (Å²) in [6.45, 7) is 9.65. The monoisotopic (exact) mass is 396 g/mol. The molecule has 2 N–H and O–H groups in total. The first kappa shape index (κ1) is 21.5. The maximum Gasteiger partial charge on any atom is 0.243 e. The number of nitrogens with zero attached hydrogens (tertiary/aromatic N) is 2. The predicted octanol–water partition coefficient (Wildman–Crippen LogP) is 1.99. The fraction of sp³-hybridized carbons (Fsp3) is 0.714. The number of nitrogens with one attached hydrogen (secondary N) is 2. The van der Waals surface area contributed by atoms with E-state index in [2.05, 4.69) is 29.1 Å². The molecule has 0 aliphatic heterocycles. The van der Waals surface area contributed by atoms with Gasteiger partial charge < -0.3 is 15.5 Å². The van der Waals surface area contributed by atoms with Crippen molar-refractivity contribution in [1.82, 2.24) is 15.5 Å². The second kappa shape index (κ2) is 13.2. The van der Waals surface area contributed by atoms with E-state index in [1.807, 2.05) is 6.92 Å². The van der Waals surface area contributed by atoms with Crippen LogP contribution < -0.4 is 10.6 Å². The molecular formula is C14H29IN4O. The van der Waals surface area contributed by atoms with E-state index in [1.165, 1.54) is 17.7 Å². The van der Waals surface area contributed by atoms with E-state index in [1.54, 1.807) is 14.1 Å². The van der Waals surface area contributed by atoms with Gasteiger partial charge in [-0.15, -0.1) is 24.0 Å². The molecule has 118 valence electrons. The highest BCUT2D eigenvalue weighted by atomic mass is 127. The Morgan fingerprint density at radius 2 is 1.90 bits per heavy atom. The molecule has 0 aliphatic rings. The number of amides is 1.